The van der Waals surface area contributed by atoms with Crippen LogP contribution in [0.25, 0.3) is 0 Å². The third kappa shape index (κ3) is 4.34. The number of amides is 1. The summed E-state index contributed by atoms with van der Waals surface area (Å²) in [6.45, 7) is 4.82. The van der Waals surface area contributed by atoms with E-state index in [2.05, 4.69) is 15.1 Å². The lowest BCUT2D eigenvalue weighted by Gasteiger charge is -2.37. The van der Waals surface area contributed by atoms with E-state index < -0.39 is 5.97 Å². The lowest BCUT2D eigenvalue weighted by molar-refractivity contribution is -0.115. The maximum atomic E-state index is 11.6. The molecule has 1 saturated heterocycles. The number of benzene rings is 2. The topological polar surface area (TPSA) is 72.9 Å². The summed E-state index contributed by atoms with van der Waals surface area (Å²) in [5, 5.41) is 12.9. The zero-order valence-electron chi connectivity index (χ0n) is 15.1. The van der Waals surface area contributed by atoms with E-state index in [1.807, 2.05) is 30.3 Å². The highest BCUT2D eigenvalue weighted by atomic mass is 35.5. The zero-order valence-corrected chi connectivity index (χ0v) is 15.9. The Kier molecular flexibility index (Phi) is 5.86. The maximum absolute atomic E-state index is 11.6. The van der Waals surface area contributed by atoms with Gasteiger partial charge in [-0.2, -0.15) is 0 Å². The quantitative estimate of drug-likeness (QED) is 0.818. The Morgan fingerprint density at radius 3 is 2.37 bits per heavy atom. The second-order valence-corrected chi connectivity index (χ2v) is 6.77. The van der Waals surface area contributed by atoms with Crippen molar-refractivity contribution in [1.29, 1.82) is 0 Å². The zero-order chi connectivity index (χ0) is 19.4. The van der Waals surface area contributed by atoms with Crippen LogP contribution in [0.5, 0.6) is 0 Å². The number of nitrogens with zero attached hydrogens (tertiary/aromatic N) is 2. The smallest absolute Gasteiger partial charge is 0.337 e. The average Bonchev–Trinajstić information content (AvgIpc) is 2.68. The van der Waals surface area contributed by atoms with Crippen molar-refractivity contribution >= 4 is 40.5 Å². The second kappa shape index (κ2) is 8.31. The van der Waals surface area contributed by atoms with Crippen molar-refractivity contribution in [2.75, 3.05) is 41.3 Å². The monoisotopic (exact) mass is 387 g/mol. The molecule has 0 aromatic heterocycles. The van der Waals surface area contributed by atoms with E-state index in [4.69, 9.17) is 11.6 Å². The summed E-state index contributed by atoms with van der Waals surface area (Å²) >= 11 is 6.28. The molecule has 0 atom stereocenters. The molecule has 1 aliphatic rings. The van der Waals surface area contributed by atoms with Crippen molar-refractivity contribution < 1.29 is 14.7 Å². The number of carboxylic acid groups (broad SMARTS) is 1. The molecular weight excluding hydrogens is 366 g/mol. The molecular formula is C20H22ClN3O3. The van der Waals surface area contributed by atoms with E-state index in [0.29, 0.717) is 12.1 Å². The molecule has 0 aliphatic carbocycles. The van der Waals surface area contributed by atoms with Crippen LogP contribution in [0, 0.1) is 0 Å². The molecule has 0 unspecified atom stereocenters. The van der Waals surface area contributed by atoms with Gasteiger partial charge in [-0.05, 0) is 30.3 Å². The number of hydrogen-bond acceptors (Lipinski definition) is 4. The van der Waals surface area contributed by atoms with E-state index in [1.54, 1.807) is 19.1 Å². The first-order valence-corrected chi connectivity index (χ1v) is 9.29. The largest absolute Gasteiger partial charge is 0.478 e. The molecule has 0 spiro atoms. The lowest BCUT2D eigenvalue weighted by atomic mass is 10.1. The number of nitrogens with one attached hydrogen (secondary N) is 1. The summed E-state index contributed by atoms with van der Waals surface area (Å²) < 4.78 is 0. The molecule has 0 radical (unpaired) electrons. The molecule has 0 saturated carbocycles. The molecule has 27 heavy (non-hydrogen) atoms. The Bertz CT molecular complexity index is 848. The second-order valence-electron chi connectivity index (χ2n) is 6.36. The minimum absolute atomic E-state index is 0.0998. The highest BCUT2D eigenvalue weighted by Crippen LogP contribution is 2.28. The van der Waals surface area contributed by atoms with Crippen LogP contribution >= 0.6 is 11.6 Å². The van der Waals surface area contributed by atoms with Crippen molar-refractivity contribution in [3.8, 4) is 0 Å². The third-order valence-corrected chi connectivity index (χ3v) is 4.99. The van der Waals surface area contributed by atoms with Crippen molar-refractivity contribution in [3.05, 3.63) is 53.1 Å². The predicted octanol–water partition coefficient (Wildman–Crippen LogP) is 3.71. The number of carboxylic acids is 1. The minimum atomic E-state index is -1.06. The first-order chi connectivity index (χ1) is 13.0. The van der Waals surface area contributed by atoms with Gasteiger partial charge >= 0.3 is 5.97 Å². The molecule has 0 bridgehead atoms. The van der Waals surface area contributed by atoms with E-state index in [-0.39, 0.29) is 11.5 Å². The Hall–Kier alpha value is -2.73. The molecule has 142 valence electrons. The van der Waals surface area contributed by atoms with Gasteiger partial charge in [0.1, 0.15) is 0 Å². The maximum Gasteiger partial charge on any atom is 0.337 e. The van der Waals surface area contributed by atoms with Gasteiger partial charge in [0.2, 0.25) is 5.91 Å². The van der Waals surface area contributed by atoms with Crippen LogP contribution < -0.4 is 15.1 Å². The number of anilines is 3. The molecule has 2 aromatic carbocycles. The molecule has 2 N–H and O–H groups in total. The summed E-state index contributed by atoms with van der Waals surface area (Å²) in [5.41, 5.74) is 2.28. The fourth-order valence-corrected chi connectivity index (χ4v) is 3.42. The van der Waals surface area contributed by atoms with Crippen molar-refractivity contribution in [2.24, 2.45) is 0 Å². The molecule has 1 heterocycles. The molecule has 1 aliphatic heterocycles. The summed E-state index contributed by atoms with van der Waals surface area (Å²) in [4.78, 5) is 27.6. The van der Waals surface area contributed by atoms with Crippen LogP contribution in [0.2, 0.25) is 5.02 Å². The van der Waals surface area contributed by atoms with Gasteiger partial charge in [0.15, 0.2) is 0 Å². The van der Waals surface area contributed by atoms with Gasteiger partial charge in [-0.15, -0.1) is 0 Å². The van der Waals surface area contributed by atoms with E-state index in [1.165, 1.54) is 0 Å². The molecule has 7 heteroatoms. The van der Waals surface area contributed by atoms with Crippen molar-refractivity contribution in [2.45, 2.75) is 13.3 Å². The Morgan fingerprint density at radius 1 is 1.07 bits per heavy atom. The number of aromatic carboxylic acids is 1. The number of carbonyl (C=O) groups is 2. The van der Waals surface area contributed by atoms with Gasteiger partial charge in [-0.3, -0.25) is 4.79 Å². The average molecular weight is 388 g/mol. The fourth-order valence-electron chi connectivity index (χ4n) is 3.17. The van der Waals surface area contributed by atoms with E-state index in [0.717, 1.165) is 42.6 Å². The SMILES string of the molecule is CCC(=O)Nc1ccc(N2CCN(c3ccccc3Cl)CC2)cc1C(=O)O. The van der Waals surface area contributed by atoms with Gasteiger partial charge in [0.05, 0.1) is 22.0 Å². The summed E-state index contributed by atoms with van der Waals surface area (Å²) in [6, 6.07) is 12.9. The third-order valence-electron chi connectivity index (χ3n) is 4.67. The lowest BCUT2D eigenvalue weighted by Crippen LogP contribution is -2.46. The standard InChI is InChI=1S/C20H22ClN3O3/c1-2-19(25)22-17-8-7-14(13-15(17)20(26)27)23-9-11-24(12-10-23)18-6-4-3-5-16(18)21/h3-8,13H,2,9-12H2,1H3,(H,22,25)(H,26,27). The van der Waals surface area contributed by atoms with Crippen LogP contribution in [0.3, 0.4) is 0 Å². The van der Waals surface area contributed by atoms with Crippen molar-refractivity contribution in [1.82, 2.24) is 0 Å². The number of para-hydroxylation sites is 1. The summed E-state index contributed by atoms with van der Waals surface area (Å²) in [6.07, 6.45) is 0.296. The number of carbonyl (C=O) groups excluding carboxylic acids is 1. The molecule has 1 amide bonds. The van der Waals surface area contributed by atoms with Crippen LogP contribution in [-0.2, 0) is 4.79 Å². The Balaban J connectivity index is 1.74. The van der Waals surface area contributed by atoms with Crippen LogP contribution in [0.15, 0.2) is 42.5 Å². The highest BCUT2D eigenvalue weighted by molar-refractivity contribution is 6.33. The van der Waals surface area contributed by atoms with Gasteiger partial charge in [-0.1, -0.05) is 30.7 Å². The highest BCUT2D eigenvalue weighted by Gasteiger charge is 2.21. The summed E-state index contributed by atoms with van der Waals surface area (Å²) in [7, 11) is 0. The molecule has 1 fully saturated rings. The predicted molar refractivity (Wildman–Crippen MR) is 108 cm³/mol. The number of rotatable bonds is 5. The van der Waals surface area contributed by atoms with Gasteiger partial charge in [0.25, 0.3) is 0 Å². The normalized spacial score (nSPS) is 14.1. The number of hydrogen-bond donors (Lipinski definition) is 2. The van der Waals surface area contributed by atoms with Crippen LogP contribution in [0.1, 0.15) is 23.7 Å². The summed E-state index contributed by atoms with van der Waals surface area (Å²) in [5.74, 6) is -1.27. The Labute approximate surface area is 163 Å². The molecule has 6 nitrogen and oxygen atoms in total. The molecule has 2 aromatic rings. The first-order valence-electron chi connectivity index (χ1n) is 8.91. The van der Waals surface area contributed by atoms with Gasteiger partial charge in [0, 0.05) is 38.3 Å². The van der Waals surface area contributed by atoms with Gasteiger partial charge in [-0.25, -0.2) is 4.79 Å². The van der Waals surface area contributed by atoms with Crippen molar-refractivity contribution in [3.63, 3.8) is 0 Å². The number of halogens is 1. The Morgan fingerprint density at radius 2 is 1.74 bits per heavy atom. The van der Waals surface area contributed by atoms with E-state index in [9.17, 15) is 14.7 Å². The van der Waals surface area contributed by atoms with E-state index >= 15 is 0 Å². The molecule has 3 rings (SSSR count). The number of piperazine rings is 1. The van der Waals surface area contributed by atoms with Crippen LogP contribution in [-0.4, -0.2) is 43.2 Å². The van der Waals surface area contributed by atoms with Crippen LogP contribution in [0.4, 0.5) is 17.1 Å². The van der Waals surface area contributed by atoms with Gasteiger partial charge < -0.3 is 20.2 Å². The minimum Gasteiger partial charge on any atom is -0.478 e. The first kappa shape index (κ1) is 19.0. The fraction of sp³-hybridized carbons (Fsp3) is 0.300.